The lowest BCUT2D eigenvalue weighted by Crippen LogP contribution is -2.25. The summed E-state index contributed by atoms with van der Waals surface area (Å²) in [7, 11) is -3.42. The van der Waals surface area contributed by atoms with Crippen LogP contribution in [0.15, 0.2) is 66.7 Å². The second-order valence-corrected chi connectivity index (χ2v) is 9.53. The van der Waals surface area contributed by atoms with Crippen LogP contribution in [0.25, 0.3) is 11.1 Å². The van der Waals surface area contributed by atoms with Gasteiger partial charge in [0.1, 0.15) is 5.82 Å². The van der Waals surface area contributed by atoms with Crippen LogP contribution < -0.4 is 9.62 Å². The molecule has 0 bridgehead atoms. The van der Waals surface area contributed by atoms with Gasteiger partial charge in [0.15, 0.2) is 0 Å². The molecule has 1 N–H and O–H groups in total. The van der Waals surface area contributed by atoms with Gasteiger partial charge in [0.05, 0.1) is 22.6 Å². The molecule has 1 heterocycles. The topological polar surface area (TPSA) is 66.5 Å². The highest BCUT2D eigenvalue weighted by Gasteiger charge is 2.31. The van der Waals surface area contributed by atoms with Crippen LogP contribution in [0.2, 0.25) is 0 Å². The van der Waals surface area contributed by atoms with Gasteiger partial charge in [-0.05, 0) is 60.0 Å². The van der Waals surface area contributed by atoms with Crippen LogP contribution in [0, 0.1) is 5.82 Å². The molecule has 0 unspecified atom stereocenters. The molecule has 1 aliphatic heterocycles. The fraction of sp³-hybridized carbons (Fsp3) is 0.174. The third-order valence-corrected chi connectivity index (χ3v) is 7.09. The molecule has 3 aromatic carbocycles. The van der Waals surface area contributed by atoms with Crippen molar-refractivity contribution in [3.63, 3.8) is 0 Å². The van der Waals surface area contributed by atoms with Crippen molar-refractivity contribution in [3.05, 3.63) is 83.7 Å². The van der Waals surface area contributed by atoms with Gasteiger partial charge in [0, 0.05) is 12.2 Å². The average Bonchev–Trinajstić information content (AvgIpc) is 3.12. The average molecular weight is 478 g/mol. The number of nitrogens with one attached hydrogen (secondary N) is 1. The summed E-state index contributed by atoms with van der Waals surface area (Å²) in [5, 5.41) is 2.58. The predicted octanol–water partition coefficient (Wildman–Crippen LogP) is 5.30. The summed E-state index contributed by atoms with van der Waals surface area (Å²) in [4.78, 5) is 13.0. The molecular weight excluding hydrogens is 460 g/mol. The number of hydrogen-bond acceptors (Lipinski definition) is 3. The summed E-state index contributed by atoms with van der Waals surface area (Å²) in [6.07, 6.45) is -4.09. The third kappa shape index (κ3) is 4.85. The molecule has 0 atom stereocenters. The lowest BCUT2D eigenvalue weighted by atomic mass is 9.97. The van der Waals surface area contributed by atoms with Crippen LogP contribution in [-0.2, 0) is 16.2 Å². The number of carbonyl (C=O) groups excluding carboxylic acids is 1. The number of rotatable bonds is 4. The number of sulfonamides is 1. The smallest absolute Gasteiger partial charge is 0.322 e. The molecule has 1 amide bonds. The van der Waals surface area contributed by atoms with Crippen molar-refractivity contribution < 1.29 is 30.8 Å². The summed E-state index contributed by atoms with van der Waals surface area (Å²) in [6, 6.07) is 13.8. The summed E-state index contributed by atoms with van der Waals surface area (Å²) < 4.78 is 78.9. The van der Waals surface area contributed by atoms with Gasteiger partial charge in [-0.2, -0.15) is 13.2 Å². The Morgan fingerprint density at radius 2 is 1.73 bits per heavy atom. The molecule has 1 saturated heterocycles. The summed E-state index contributed by atoms with van der Waals surface area (Å²) >= 11 is 0. The van der Waals surface area contributed by atoms with Gasteiger partial charge in [-0.25, -0.2) is 12.8 Å². The second-order valence-electron chi connectivity index (χ2n) is 7.51. The molecule has 1 fully saturated rings. The fourth-order valence-corrected chi connectivity index (χ4v) is 5.24. The van der Waals surface area contributed by atoms with Gasteiger partial charge < -0.3 is 5.32 Å². The first-order valence-corrected chi connectivity index (χ1v) is 11.5. The number of carbonyl (C=O) groups is 1. The SMILES string of the molecule is O=C(Nc1cccc(N2CCCS2(=O)=O)c1)c1cc(F)ccc1-c1cccc(C(F)(F)F)c1. The molecule has 0 aromatic heterocycles. The lowest BCUT2D eigenvalue weighted by molar-refractivity contribution is -0.137. The first-order chi connectivity index (χ1) is 15.5. The Balaban J connectivity index is 1.67. The zero-order chi connectivity index (χ0) is 23.8. The van der Waals surface area contributed by atoms with E-state index in [2.05, 4.69) is 5.32 Å². The fourth-order valence-electron chi connectivity index (χ4n) is 3.69. The van der Waals surface area contributed by atoms with Crippen molar-refractivity contribution in [1.82, 2.24) is 0 Å². The van der Waals surface area contributed by atoms with Gasteiger partial charge in [0.25, 0.3) is 5.91 Å². The minimum Gasteiger partial charge on any atom is -0.322 e. The minimum absolute atomic E-state index is 0.0349. The van der Waals surface area contributed by atoms with E-state index in [1.165, 1.54) is 34.6 Å². The summed E-state index contributed by atoms with van der Waals surface area (Å²) in [6.45, 7) is 0.323. The normalized spacial score (nSPS) is 15.5. The summed E-state index contributed by atoms with van der Waals surface area (Å²) in [5.41, 5.74) is -0.185. The molecule has 33 heavy (non-hydrogen) atoms. The van der Waals surface area contributed by atoms with Crippen LogP contribution in [0.1, 0.15) is 22.3 Å². The monoisotopic (exact) mass is 478 g/mol. The standard InChI is InChI=1S/C23H18F4N2O3S/c24-17-8-9-20(15-4-1-5-16(12-15)23(25,26)27)21(13-17)22(30)28-18-6-2-7-19(14-18)29-10-3-11-33(29,31)32/h1-2,4-9,12-14H,3,10-11H2,(H,28,30). The highest BCUT2D eigenvalue weighted by atomic mass is 32.2. The maximum absolute atomic E-state index is 14.0. The van der Waals surface area contributed by atoms with E-state index in [1.807, 2.05) is 0 Å². The first kappa shape index (κ1) is 22.8. The molecule has 5 nitrogen and oxygen atoms in total. The summed E-state index contributed by atoms with van der Waals surface area (Å²) in [5.74, 6) is -1.44. The van der Waals surface area contributed by atoms with E-state index >= 15 is 0 Å². The Labute approximate surface area is 187 Å². The Kier molecular flexibility index (Phi) is 5.87. The molecule has 3 aromatic rings. The van der Waals surface area contributed by atoms with E-state index < -0.39 is 33.5 Å². The van der Waals surface area contributed by atoms with Crippen LogP contribution in [-0.4, -0.2) is 26.6 Å². The Hall–Kier alpha value is -3.40. The van der Waals surface area contributed by atoms with Crippen molar-refractivity contribution >= 4 is 27.3 Å². The highest BCUT2D eigenvalue weighted by Crippen LogP contribution is 2.34. The lowest BCUT2D eigenvalue weighted by Gasteiger charge is -2.18. The molecule has 0 aliphatic carbocycles. The van der Waals surface area contributed by atoms with E-state index in [0.717, 1.165) is 24.3 Å². The van der Waals surface area contributed by atoms with E-state index in [4.69, 9.17) is 0 Å². The van der Waals surface area contributed by atoms with Crippen molar-refractivity contribution in [1.29, 1.82) is 0 Å². The van der Waals surface area contributed by atoms with E-state index in [1.54, 1.807) is 12.1 Å². The van der Waals surface area contributed by atoms with Crippen molar-refractivity contribution in [3.8, 4) is 11.1 Å². The van der Waals surface area contributed by atoms with Gasteiger partial charge in [-0.1, -0.05) is 24.3 Å². The van der Waals surface area contributed by atoms with Crippen molar-refractivity contribution in [2.45, 2.75) is 12.6 Å². The number of anilines is 2. The molecular formula is C23H18F4N2O3S. The Morgan fingerprint density at radius 1 is 0.970 bits per heavy atom. The molecule has 1 aliphatic rings. The Morgan fingerprint density at radius 3 is 2.42 bits per heavy atom. The van der Waals surface area contributed by atoms with E-state index in [-0.39, 0.29) is 28.1 Å². The molecule has 10 heteroatoms. The van der Waals surface area contributed by atoms with Gasteiger partial charge in [0.2, 0.25) is 10.0 Å². The maximum Gasteiger partial charge on any atom is 0.416 e. The van der Waals surface area contributed by atoms with E-state index in [9.17, 15) is 30.8 Å². The van der Waals surface area contributed by atoms with Crippen molar-refractivity contribution in [2.75, 3.05) is 21.9 Å². The minimum atomic E-state index is -4.57. The first-order valence-electron chi connectivity index (χ1n) is 9.94. The molecule has 0 saturated carbocycles. The zero-order valence-corrected chi connectivity index (χ0v) is 17.9. The van der Waals surface area contributed by atoms with Crippen LogP contribution in [0.3, 0.4) is 0 Å². The number of nitrogens with zero attached hydrogens (tertiary/aromatic N) is 1. The van der Waals surface area contributed by atoms with E-state index in [0.29, 0.717) is 18.7 Å². The number of hydrogen-bond donors (Lipinski definition) is 1. The zero-order valence-electron chi connectivity index (χ0n) is 17.1. The Bertz CT molecular complexity index is 1320. The number of halogens is 4. The largest absolute Gasteiger partial charge is 0.416 e. The highest BCUT2D eigenvalue weighted by molar-refractivity contribution is 7.93. The van der Waals surface area contributed by atoms with Crippen molar-refractivity contribution in [2.24, 2.45) is 0 Å². The molecule has 172 valence electrons. The van der Waals surface area contributed by atoms with Gasteiger partial charge >= 0.3 is 6.18 Å². The molecule has 4 rings (SSSR count). The maximum atomic E-state index is 14.0. The second kappa shape index (κ2) is 8.51. The number of benzene rings is 3. The molecule has 0 radical (unpaired) electrons. The number of alkyl halides is 3. The van der Waals surface area contributed by atoms with Crippen LogP contribution in [0.5, 0.6) is 0 Å². The van der Waals surface area contributed by atoms with Gasteiger partial charge in [-0.15, -0.1) is 0 Å². The van der Waals surface area contributed by atoms with Crippen LogP contribution >= 0.6 is 0 Å². The quantitative estimate of drug-likeness (QED) is 0.518. The van der Waals surface area contributed by atoms with Gasteiger partial charge in [-0.3, -0.25) is 9.10 Å². The molecule has 0 spiro atoms. The number of amides is 1. The third-order valence-electron chi connectivity index (χ3n) is 5.22. The predicted molar refractivity (Wildman–Crippen MR) is 117 cm³/mol. The van der Waals surface area contributed by atoms with Crippen LogP contribution in [0.4, 0.5) is 28.9 Å².